The lowest BCUT2D eigenvalue weighted by Crippen LogP contribution is -2.25. The highest BCUT2D eigenvalue weighted by Crippen LogP contribution is 2.30. The van der Waals surface area contributed by atoms with E-state index in [0.29, 0.717) is 0 Å². The summed E-state index contributed by atoms with van der Waals surface area (Å²) in [5.74, 6) is 3.45. The van der Waals surface area contributed by atoms with Gasteiger partial charge in [-0.1, -0.05) is 6.07 Å². The Morgan fingerprint density at radius 1 is 1.15 bits per heavy atom. The van der Waals surface area contributed by atoms with Crippen molar-refractivity contribution >= 4 is 12.4 Å². The highest BCUT2D eigenvalue weighted by atomic mass is 35.5. The van der Waals surface area contributed by atoms with Crippen LogP contribution in [-0.2, 0) is 6.54 Å². The van der Waals surface area contributed by atoms with Gasteiger partial charge in [0.2, 0.25) is 0 Å². The van der Waals surface area contributed by atoms with Gasteiger partial charge in [0, 0.05) is 31.3 Å². The van der Waals surface area contributed by atoms with Crippen LogP contribution in [0.15, 0.2) is 18.2 Å². The van der Waals surface area contributed by atoms with Crippen molar-refractivity contribution in [3.63, 3.8) is 0 Å². The average molecular weight is 299 g/mol. The van der Waals surface area contributed by atoms with Crippen LogP contribution in [-0.4, -0.2) is 45.3 Å². The van der Waals surface area contributed by atoms with Crippen molar-refractivity contribution in [2.24, 2.45) is 11.8 Å². The fourth-order valence-corrected chi connectivity index (χ4v) is 3.31. The largest absolute Gasteiger partial charge is 0.497 e. The molecule has 1 N–H and O–H groups in total. The SMILES string of the molecule is COc1ccc(CN2C[C@H]3CNC[C@H]3C2)c(OC)c1.Cl. The number of rotatable bonds is 4. The van der Waals surface area contributed by atoms with Gasteiger partial charge in [0.25, 0.3) is 0 Å². The van der Waals surface area contributed by atoms with Crippen molar-refractivity contribution in [2.45, 2.75) is 6.54 Å². The van der Waals surface area contributed by atoms with E-state index in [4.69, 9.17) is 9.47 Å². The molecule has 112 valence electrons. The Labute approximate surface area is 126 Å². The van der Waals surface area contributed by atoms with Crippen molar-refractivity contribution in [2.75, 3.05) is 40.4 Å². The first-order chi connectivity index (χ1) is 9.30. The molecule has 1 aromatic carbocycles. The molecule has 2 heterocycles. The van der Waals surface area contributed by atoms with E-state index in [2.05, 4.69) is 16.3 Å². The average Bonchev–Trinajstić information content (AvgIpc) is 3.00. The van der Waals surface area contributed by atoms with E-state index < -0.39 is 0 Å². The van der Waals surface area contributed by atoms with E-state index in [1.165, 1.54) is 31.7 Å². The van der Waals surface area contributed by atoms with Gasteiger partial charge in [-0.05, 0) is 31.0 Å². The Balaban J connectivity index is 0.00000147. The minimum Gasteiger partial charge on any atom is -0.497 e. The van der Waals surface area contributed by atoms with Crippen LogP contribution in [0, 0.1) is 11.8 Å². The molecule has 20 heavy (non-hydrogen) atoms. The Hall–Kier alpha value is -0.970. The second-order valence-corrected chi connectivity index (χ2v) is 5.55. The molecule has 2 fully saturated rings. The molecule has 1 aromatic rings. The number of ether oxygens (including phenoxy) is 2. The Bertz CT molecular complexity index is 443. The molecule has 0 aliphatic carbocycles. The molecule has 2 atom stereocenters. The van der Waals surface area contributed by atoms with E-state index in [9.17, 15) is 0 Å². The Kier molecular flexibility index (Phi) is 5.13. The Morgan fingerprint density at radius 2 is 1.85 bits per heavy atom. The topological polar surface area (TPSA) is 33.7 Å². The molecule has 0 aromatic heterocycles. The summed E-state index contributed by atoms with van der Waals surface area (Å²) in [5.41, 5.74) is 1.25. The predicted octanol–water partition coefficient (Wildman–Crippen LogP) is 1.78. The molecule has 0 bridgehead atoms. The lowest BCUT2D eigenvalue weighted by Gasteiger charge is -2.19. The van der Waals surface area contributed by atoms with Gasteiger partial charge in [0.05, 0.1) is 14.2 Å². The van der Waals surface area contributed by atoms with Crippen LogP contribution in [0.2, 0.25) is 0 Å². The third-order valence-electron chi connectivity index (χ3n) is 4.35. The van der Waals surface area contributed by atoms with Gasteiger partial charge in [-0.2, -0.15) is 0 Å². The summed E-state index contributed by atoms with van der Waals surface area (Å²) < 4.78 is 10.7. The van der Waals surface area contributed by atoms with E-state index in [0.717, 1.165) is 29.9 Å². The number of halogens is 1. The second-order valence-electron chi connectivity index (χ2n) is 5.55. The first kappa shape index (κ1) is 15.4. The number of hydrogen-bond acceptors (Lipinski definition) is 4. The molecular formula is C15H23ClN2O2. The first-order valence-corrected chi connectivity index (χ1v) is 6.94. The molecule has 2 aliphatic heterocycles. The van der Waals surface area contributed by atoms with Gasteiger partial charge in [-0.25, -0.2) is 0 Å². The third-order valence-corrected chi connectivity index (χ3v) is 4.35. The zero-order chi connectivity index (χ0) is 13.2. The minimum absolute atomic E-state index is 0. The lowest BCUT2D eigenvalue weighted by atomic mass is 10.0. The standard InChI is InChI=1S/C15H22N2O2.ClH/c1-18-14-4-3-11(15(5-14)19-2)8-17-9-12-6-16-7-13(12)10-17;/h3-5,12-13,16H,6-10H2,1-2H3;1H/t12-,13+;. The summed E-state index contributed by atoms with van der Waals surface area (Å²) in [4.78, 5) is 2.54. The highest BCUT2D eigenvalue weighted by molar-refractivity contribution is 5.85. The van der Waals surface area contributed by atoms with E-state index >= 15 is 0 Å². The monoisotopic (exact) mass is 298 g/mol. The van der Waals surface area contributed by atoms with E-state index in [-0.39, 0.29) is 12.4 Å². The third kappa shape index (κ3) is 3.03. The van der Waals surface area contributed by atoms with Crippen molar-refractivity contribution in [3.8, 4) is 11.5 Å². The minimum atomic E-state index is 0. The van der Waals surface area contributed by atoms with Crippen LogP contribution in [0.5, 0.6) is 11.5 Å². The van der Waals surface area contributed by atoms with Crippen molar-refractivity contribution < 1.29 is 9.47 Å². The van der Waals surface area contributed by atoms with Gasteiger partial charge in [-0.3, -0.25) is 4.90 Å². The molecule has 3 rings (SSSR count). The number of nitrogens with zero attached hydrogens (tertiary/aromatic N) is 1. The number of hydrogen-bond donors (Lipinski definition) is 1. The van der Waals surface area contributed by atoms with Gasteiger partial charge < -0.3 is 14.8 Å². The van der Waals surface area contributed by atoms with E-state index in [1.807, 2.05) is 12.1 Å². The maximum atomic E-state index is 5.47. The lowest BCUT2D eigenvalue weighted by molar-refractivity contribution is 0.297. The van der Waals surface area contributed by atoms with Gasteiger partial charge in [-0.15, -0.1) is 12.4 Å². The van der Waals surface area contributed by atoms with Crippen LogP contribution in [0.1, 0.15) is 5.56 Å². The summed E-state index contributed by atoms with van der Waals surface area (Å²) in [6.07, 6.45) is 0. The van der Waals surface area contributed by atoms with Crippen LogP contribution < -0.4 is 14.8 Å². The maximum absolute atomic E-state index is 5.47. The van der Waals surface area contributed by atoms with Crippen LogP contribution >= 0.6 is 12.4 Å². The predicted molar refractivity (Wildman–Crippen MR) is 81.9 cm³/mol. The number of nitrogens with one attached hydrogen (secondary N) is 1. The maximum Gasteiger partial charge on any atom is 0.127 e. The van der Waals surface area contributed by atoms with Crippen LogP contribution in [0.3, 0.4) is 0 Å². The normalized spacial score (nSPS) is 25.1. The molecule has 2 saturated heterocycles. The molecule has 0 saturated carbocycles. The van der Waals surface area contributed by atoms with Crippen molar-refractivity contribution in [1.82, 2.24) is 10.2 Å². The summed E-state index contributed by atoms with van der Waals surface area (Å²) >= 11 is 0. The second kappa shape index (κ2) is 6.66. The molecule has 0 amide bonds. The number of benzene rings is 1. The Morgan fingerprint density at radius 3 is 2.45 bits per heavy atom. The molecule has 0 spiro atoms. The summed E-state index contributed by atoms with van der Waals surface area (Å²) in [7, 11) is 3.41. The zero-order valence-electron chi connectivity index (χ0n) is 12.1. The molecular weight excluding hydrogens is 276 g/mol. The molecule has 0 unspecified atom stereocenters. The number of methoxy groups -OCH3 is 2. The summed E-state index contributed by atoms with van der Waals surface area (Å²) in [6, 6.07) is 6.09. The van der Waals surface area contributed by atoms with Gasteiger partial charge in [0.1, 0.15) is 11.5 Å². The molecule has 4 nitrogen and oxygen atoms in total. The zero-order valence-corrected chi connectivity index (χ0v) is 12.9. The number of likely N-dealkylation sites (tertiary alicyclic amines) is 1. The fraction of sp³-hybridized carbons (Fsp3) is 0.600. The van der Waals surface area contributed by atoms with Crippen molar-refractivity contribution in [1.29, 1.82) is 0 Å². The highest BCUT2D eigenvalue weighted by Gasteiger charge is 2.35. The first-order valence-electron chi connectivity index (χ1n) is 6.94. The van der Waals surface area contributed by atoms with Crippen molar-refractivity contribution in [3.05, 3.63) is 23.8 Å². The summed E-state index contributed by atoms with van der Waals surface area (Å²) in [6.45, 7) is 5.74. The molecule has 5 heteroatoms. The number of fused-ring (bicyclic) bond motifs is 1. The van der Waals surface area contributed by atoms with Gasteiger partial charge >= 0.3 is 0 Å². The fourth-order valence-electron chi connectivity index (χ4n) is 3.31. The molecule has 0 radical (unpaired) electrons. The van der Waals surface area contributed by atoms with Crippen LogP contribution in [0.4, 0.5) is 0 Å². The smallest absolute Gasteiger partial charge is 0.127 e. The van der Waals surface area contributed by atoms with Crippen LogP contribution in [0.25, 0.3) is 0 Å². The molecule has 2 aliphatic rings. The van der Waals surface area contributed by atoms with E-state index in [1.54, 1.807) is 14.2 Å². The quantitative estimate of drug-likeness (QED) is 0.919. The summed E-state index contributed by atoms with van der Waals surface area (Å²) in [5, 5.41) is 3.48. The van der Waals surface area contributed by atoms with Gasteiger partial charge in [0.15, 0.2) is 0 Å².